The van der Waals surface area contributed by atoms with Crippen LogP contribution in [0.4, 0.5) is 4.79 Å². The Morgan fingerprint density at radius 1 is 1.65 bits per heavy atom. The van der Waals surface area contributed by atoms with Gasteiger partial charge >= 0.3 is 6.03 Å². The molecular weight excluding hydrogens is 256 g/mol. The van der Waals surface area contributed by atoms with Gasteiger partial charge in [-0.15, -0.1) is 0 Å². The molecule has 1 aliphatic rings. The molecule has 2 heterocycles. The predicted molar refractivity (Wildman–Crippen MR) is 76.6 cm³/mol. The minimum atomic E-state index is -0.114. The van der Waals surface area contributed by atoms with E-state index in [0.717, 1.165) is 38.0 Å². The molecule has 6 heteroatoms. The second-order valence-corrected chi connectivity index (χ2v) is 5.36. The second-order valence-electron chi connectivity index (χ2n) is 5.36. The van der Waals surface area contributed by atoms with Crippen molar-refractivity contribution >= 4 is 6.03 Å². The fourth-order valence-electron chi connectivity index (χ4n) is 2.46. The number of urea groups is 1. The first-order valence-corrected chi connectivity index (χ1v) is 7.31. The van der Waals surface area contributed by atoms with Crippen LogP contribution in [0.1, 0.15) is 37.4 Å². The fraction of sp³-hybridized carbons (Fsp3) is 0.714. The lowest BCUT2D eigenvalue weighted by Gasteiger charge is -2.20. The molecule has 0 unspecified atom stereocenters. The summed E-state index contributed by atoms with van der Waals surface area (Å²) in [6, 6.07) is -0.0504. The maximum Gasteiger partial charge on any atom is 0.315 e. The van der Waals surface area contributed by atoms with Gasteiger partial charge in [-0.25, -0.2) is 4.79 Å². The van der Waals surface area contributed by atoms with Gasteiger partial charge in [-0.1, -0.05) is 0 Å². The molecule has 112 valence electrons. The van der Waals surface area contributed by atoms with Crippen molar-refractivity contribution in [3.8, 4) is 0 Å². The van der Waals surface area contributed by atoms with Crippen molar-refractivity contribution in [3.05, 3.63) is 17.5 Å². The van der Waals surface area contributed by atoms with Crippen LogP contribution in [-0.2, 0) is 11.2 Å². The van der Waals surface area contributed by atoms with Gasteiger partial charge in [0.15, 0.2) is 0 Å². The van der Waals surface area contributed by atoms with E-state index in [1.54, 1.807) is 0 Å². The number of carbonyl (C=O) groups excluding carboxylic acids is 1. The van der Waals surface area contributed by atoms with E-state index in [0.29, 0.717) is 6.54 Å². The van der Waals surface area contributed by atoms with Gasteiger partial charge in [0, 0.05) is 18.8 Å². The number of aromatic amines is 1. The second kappa shape index (κ2) is 7.28. The largest absolute Gasteiger partial charge is 0.376 e. The van der Waals surface area contributed by atoms with Crippen molar-refractivity contribution in [3.63, 3.8) is 0 Å². The number of H-pyrrole nitrogens is 1. The summed E-state index contributed by atoms with van der Waals surface area (Å²) in [7, 11) is 0. The average Bonchev–Trinajstić information content (AvgIpc) is 3.06. The molecule has 3 N–H and O–H groups in total. The van der Waals surface area contributed by atoms with Crippen LogP contribution < -0.4 is 10.6 Å². The van der Waals surface area contributed by atoms with Crippen LogP contribution in [-0.4, -0.2) is 41.5 Å². The number of carbonyl (C=O) groups is 1. The highest BCUT2D eigenvalue weighted by Crippen LogP contribution is 2.15. The van der Waals surface area contributed by atoms with Crippen molar-refractivity contribution in [2.45, 2.75) is 51.7 Å². The Morgan fingerprint density at radius 3 is 3.15 bits per heavy atom. The number of rotatable bonds is 6. The minimum Gasteiger partial charge on any atom is -0.376 e. The molecular formula is C14H24N4O2. The molecule has 0 radical (unpaired) electrons. The Bertz CT molecular complexity index is 427. The number of aryl methyl sites for hydroxylation is 2. The maximum absolute atomic E-state index is 11.7. The number of amides is 2. The molecule has 2 atom stereocenters. The molecule has 2 amide bonds. The topological polar surface area (TPSA) is 79.0 Å². The number of nitrogens with one attached hydrogen (secondary N) is 3. The van der Waals surface area contributed by atoms with Crippen LogP contribution in [0.2, 0.25) is 0 Å². The maximum atomic E-state index is 11.7. The van der Waals surface area contributed by atoms with Crippen LogP contribution in [0, 0.1) is 6.92 Å². The third-order valence-corrected chi connectivity index (χ3v) is 3.72. The predicted octanol–water partition coefficient (Wildman–Crippen LogP) is 1.52. The van der Waals surface area contributed by atoms with Gasteiger partial charge in [-0.05, 0) is 45.1 Å². The smallest absolute Gasteiger partial charge is 0.315 e. The number of aromatic nitrogens is 2. The highest BCUT2D eigenvalue weighted by molar-refractivity contribution is 5.74. The molecule has 1 fully saturated rings. The molecule has 0 bridgehead atoms. The first-order valence-electron chi connectivity index (χ1n) is 7.31. The molecule has 1 aliphatic heterocycles. The van der Waals surface area contributed by atoms with Crippen LogP contribution in [0.5, 0.6) is 0 Å². The first-order chi connectivity index (χ1) is 9.66. The molecule has 0 aromatic carbocycles. The van der Waals surface area contributed by atoms with Crippen LogP contribution in [0.15, 0.2) is 6.20 Å². The SMILES string of the molecule is Cc1[nH]ncc1CCCNC(=O)N[C@@H](C)[C@@H]1CCCO1. The molecule has 1 saturated heterocycles. The van der Waals surface area contributed by atoms with E-state index >= 15 is 0 Å². The molecule has 0 spiro atoms. The monoisotopic (exact) mass is 280 g/mol. The fourth-order valence-corrected chi connectivity index (χ4v) is 2.46. The van der Waals surface area contributed by atoms with Crippen molar-refractivity contribution in [2.24, 2.45) is 0 Å². The van der Waals surface area contributed by atoms with Gasteiger partial charge in [0.2, 0.25) is 0 Å². The van der Waals surface area contributed by atoms with E-state index in [1.807, 2.05) is 20.0 Å². The van der Waals surface area contributed by atoms with Gasteiger partial charge in [-0.3, -0.25) is 5.10 Å². The van der Waals surface area contributed by atoms with E-state index in [-0.39, 0.29) is 18.2 Å². The van der Waals surface area contributed by atoms with Crippen molar-refractivity contribution in [1.82, 2.24) is 20.8 Å². The standard InChI is InChI=1S/C14H24N4O2/c1-10-12(9-16-18-10)5-3-7-15-14(19)17-11(2)13-6-4-8-20-13/h9,11,13H,3-8H2,1-2H3,(H,16,18)(H2,15,17,19)/t11-,13-/m0/s1. The zero-order valence-electron chi connectivity index (χ0n) is 12.2. The van der Waals surface area contributed by atoms with Gasteiger partial charge in [0.25, 0.3) is 0 Å². The first kappa shape index (κ1) is 14.8. The molecule has 2 rings (SSSR count). The summed E-state index contributed by atoms with van der Waals surface area (Å²) in [6.07, 6.45) is 5.94. The molecule has 20 heavy (non-hydrogen) atoms. The normalized spacial score (nSPS) is 19.8. The average molecular weight is 280 g/mol. The Kier molecular flexibility index (Phi) is 5.40. The molecule has 0 saturated carbocycles. The van der Waals surface area contributed by atoms with Gasteiger partial charge in [-0.2, -0.15) is 5.10 Å². The highest BCUT2D eigenvalue weighted by atomic mass is 16.5. The lowest BCUT2D eigenvalue weighted by atomic mass is 10.1. The third kappa shape index (κ3) is 4.23. The zero-order valence-corrected chi connectivity index (χ0v) is 12.2. The minimum absolute atomic E-state index is 0.0635. The van der Waals surface area contributed by atoms with Crippen molar-refractivity contribution in [2.75, 3.05) is 13.2 Å². The molecule has 0 aliphatic carbocycles. The summed E-state index contributed by atoms with van der Waals surface area (Å²) in [5.74, 6) is 0. The van der Waals surface area contributed by atoms with Crippen LogP contribution in [0.25, 0.3) is 0 Å². The van der Waals surface area contributed by atoms with E-state index < -0.39 is 0 Å². The van der Waals surface area contributed by atoms with Crippen LogP contribution in [0.3, 0.4) is 0 Å². The molecule has 1 aromatic heterocycles. The van der Waals surface area contributed by atoms with Crippen LogP contribution >= 0.6 is 0 Å². The van der Waals surface area contributed by atoms with Gasteiger partial charge in [0.05, 0.1) is 18.3 Å². The third-order valence-electron chi connectivity index (χ3n) is 3.72. The Hall–Kier alpha value is -1.56. The lowest BCUT2D eigenvalue weighted by molar-refractivity contribution is 0.0860. The molecule has 6 nitrogen and oxygen atoms in total. The quantitative estimate of drug-likeness (QED) is 0.691. The Labute approximate surface area is 119 Å². The molecule has 1 aromatic rings. The number of nitrogens with zero attached hydrogens (tertiary/aromatic N) is 1. The Balaban J connectivity index is 1.59. The summed E-state index contributed by atoms with van der Waals surface area (Å²) < 4.78 is 5.55. The van der Waals surface area contributed by atoms with E-state index in [9.17, 15) is 4.79 Å². The Morgan fingerprint density at radius 2 is 2.50 bits per heavy atom. The van der Waals surface area contributed by atoms with Crippen molar-refractivity contribution in [1.29, 1.82) is 0 Å². The summed E-state index contributed by atoms with van der Waals surface area (Å²) >= 11 is 0. The van der Waals surface area contributed by atoms with E-state index in [1.165, 1.54) is 5.56 Å². The lowest BCUT2D eigenvalue weighted by Crippen LogP contribution is -2.46. The summed E-state index contributed by atoms with van der Waals surface area (Å²) in [5, 5.41) is 12.7. The van der Waals surface area contributed by atoms with Gasteiger partial charge < -0.3 is 15.4 Å². The zero-order chi connectivity index (χ0) is 14.4. The number of hydrogen-bond donors (Lipinski definition) is 3. The summed E-state index contributed by atoms with van der Waals surface area (Å²) in [4.78, 5) is 11.7. The number of hydrogen-bond acceptors (Lipinski definition) is 3. The van der Waals surface area contributed by atoms with E-state index in [2.05, 4.69) is 20.8 Å². The van der Waals surface area contributed by atoms with Gasteiger partial charge in [0.1, 0.15) is 0 Å². The highest BCUT2D eigenvalue weighted by Gasteiger charge is 2.23. The summed E-state index contributed by atoms with van der Waals surface area (Å²) in [5.41, 5.74) is 2.31. The summed E-state index contributed by atoms with van der Waals surface area (Å²) in [6.45, 7) is 5.47. The number of ether oxygens (including phenoxy) is 1. The van der Waals surface area contributed by atoms with E-state index in [4.69, 9.17) is 4.74 Å². The van der Waals surface area contributed by atoms with Crippen molar-refractivity contribution < 1.29 is 9.53 Å².